The van der Waals surface area contributed by atoms with Crippen LogP contribution in [0.5, 0.6) is 0 Å². The molecule has 5 heteroatoms. The highest BCUT2D eigenvalue weighted by molar-refractivity contribution is 5.94. The molecule has 2 fully saturated rings. The summed E-state index contributed by atoms with van der Waals surface area (Å²) in [6.07, 6.45) is 4.90. The summed E-state index contributed by atoms with van der Waals surface area (Å²) in [5, 5.41) is 0. The van der Waals surface area contributed by atoms with Crippen LogP contribution in [0.3, 0.4) is 0 Å². The number of hydrogen-bond acceptors (Lipinski definition) is 2. The molecule has 1 saturated heterocycles. The maximum Gasteiger partial charge on any atom is 0.253 e. The lowest BCUT2D eigenvalue weighted by molar-refractivity contribution is -0.134. The van der Waals surface area contributed by atoms with Crippen LogP contribution in [0.25, 0.3) is 5.69 Å². The number of carbonyl (C=O) groups excluding carboxylic acids is 2. The number of amides is 2. The molecule has 5 rings (SSSR count). The second-order valence-electron chi connectivity index (χ2n) is 8.11. The molecule has 2 atom stereocenters. The van der Waals surface area contributed by atoms with Crippen molar-refractivity contribution in [1.29, 1.82) is 0 Å². The SMILES string of the molecule is O=C(c1ccc(-n2cccc2)cc1)N1CCN(C(=O)C2CC2c2ccccc2)CC1. The first-order chi connectivity index (χ1) is 14.7. The van der Waals surface area contributed by atoms with E-state index in [0.29, 0.717) is 37.7 Å². The van der Waals surface area contributed by atoms with Crippen molar-refractivity contribution in [3.05, 3.63) is 90.3 Å². The van der Waals surface area contributed by atoms with E-state index in [1.165, 1.54) is 5.56 Å². The number of nitrogens with zero attached hydrogens (tertiary/aromatic N) is 3. The van der Waals surface area contributed by atoms with Gasteiger partial charge in [-0.2, -0.15) is 0 Å². The predicted molar refractivity (Wildman–Crippen MR) is 116 cm³/mol. The highest BCUT2D eigenvalue weighted by Crippen LogP contribution is 2.48. The van der Waals surface area contributed by atoms with Gasteiger partial charge in [0.25, 0.3) is 5.91 Å². The van der Waals surface area contributed by atoms with Gasteiger partial charge < -0.3 is 14.4 Å². The van der Waals surface area contributed by atoms with Gasteiger partial charge in [0.2, 0.25) is 5.91 Å². The number of benzene rings is 2. The summed E-state index contributed by atoms with van der Waals surface area (Å²) in [5.41, 5.74) is 2.98. The van der Waals surface area contributed by atoms with Crippen LogP contribution in [-0.2, 0) is 4.79 Å². The zero-order valence-electron chi connectivity index (χ0n) is 16.9. The van der Waals surface area contributed by atoms with E-state index in [1.807, 2.05) is 81.4 Å². The third-order valence-electron chi connectivity index (χ3n) is 6.23. The minimum Gasteiger partial charge on any atom is -0.339 e. The van der Waals surface area contributed by atoms with Crippen LogP contribution in [0.2, 0.25) is 0 Å². The molecule has 2 amide bonds. The van der Waals surface area contributed by atoms with E-state index in [9.17, 15) is 9.59 Å². The molecule has 2 unspecified atom stereocenters. The quantitative estimate of drug-likeness (QED) is 0.673. The molecule has 1 aliphatic carbocycles. The lowest BCUT2D eigenvalue weighted by Crippen LogP contribution is -2.51. The van der Waals surface area contributed by atoms with Crippen LogP contribution in [0.1, 0.15) is 28.3 Å². The molecule has 3 aromatic rings. The Morgan fingerprint density at radius 1 is 0.733 bits per heavy atom. The van der Waals surface area contributed by atoms with Crippen LogP contribution < -0.4 is 0 Å². The molecule has 30 heavy (non-hydrogen) atoms. The Morgan fingerprint density at radius 2 is 1.37 bits per heavy atom. The van der Waals surface area contributed by atoms with Gasteiger partial charge in [0.05, 0.1) is 0 Å². The van der Waals surface area contributed by atoms with Gasteiger partial charge in [-0.1, -0.05) is 30.3 Å². The van der Waals surface area contributed by atoms with Gasteiger partial charge in [0.15, 0.2) is 0 Å². The van der Waals surface area contributed by atoms with E-state index < -0.39 is 0 Å². The molecule has 0 N–H and O–H groups in total. The Kier molecular flexibility index (Phi) is 4.87. The lowest BCUT2D eigenvalue weighted by atomic mass is 10.1. The maximum atomic E-state index is 12.9. The zero-order chi connectivity index (χ0) is 20.5. The number of rotatable bonds is 4. The number of piperazine rings is 1. The molecule has 2 aliphatic rings. The van der Waals surface area contributed by atoms with Gasteiger partial charge in [-0.25, -0.2) is 0 Å². The van der Waals surface area contributed by atoms with Gasteiger partial charge in [0.1, 0.15) is 0 Å². The first-order valence-corrected chi connectivity index (χ1v) is 10.6. The van der Waals surface area contributed by atoms with E-state index in [2.05, 4.69) is 12.1 Å². The minimum atomic E-state index is 0.0368. The predicted octanol–water partition coefficient (Wildman–Crippen LogP) is 3.57. The van der Waals surface area contributed by atoms with Crippen LogP contribution >= 0.6 is 0 Å². The van der Waals surface area contributed by atoms with Gasteiger partial charge in [-0.15, -0.1) is 0 Å². The second-order valence-corrected chi connectivity index (χ2v) is 8.11. The standard InChI is InChI=1S/C25H25N3O2/c29-24(20-8-10-21(11-9-20)26-12-4-5-13-26)27-14-16-28(17-15-27)25(30)23-18-22(23)19-6-2-1-3-7-19/h1-13,22-23H,14-18H2. The van der Waals surface area contributed by atoms with E-state index in [-0.39, 0.29) is 17.7 Å². The summed E-state index contributed by atoms with van der Waals surface area (Å²) in [6, 6.07) is 21.9. The fourth-order valence-corrected chi connectivity index (χ4v) is 4.37. The van der Waals surface area contributed by atoms with Crippen molar-refractivity contribution in [3.8, 4) is 5.69 Å². The molecule has 5 nitrogen and oxygen atoms in total. The van der Waals surface area contributed by atoms with Crippen LogP contribution in [0, 0.1) is 5.92 Å². The summed E-state index contributed by atoms with van der Waals surface area (Å²) in [5.74, 6) is 0.745. The third kappa shape index (κ3) is 3.63. The molecular formula is C25H25N3O2. The summed E-state index contributed by atoms with van der Waals surface area (Å²) in [7, 11) is 0. The molecule has 1 aromatic heterocycles. The third-order valence-corrected chi connectivity index (χ3v) is 6.23. The molecule has 0 radical (unpaired) electrons. The Hall–Kier alpha value is -3.34. The fourth-order valence-electron chi connectivity index (χ4n) is 4.37. The zero-order valence-corrected chi connectivity index (χ0v) is 16.9. The average Bonchev–Trinajstić information content (AvgIpc) is 3.43. The number of aromatic nitrogens is 1. The molecule has 1 aliphatic heterocycles. The lowest BCUT2D eigenvalue weighted by Gasteiger charge is -2.35. The molecule has 2 aromatic carbocycles. The topological polar surface area (TPSA) is 45.6 Å². The molecule has 0 bridgehead atoms. The minimum absolute atomic E-state index is 0.0368. The molecule has 1 saturated carbocycles. The molecule has 152 valence electrons. The second kappa shape index (κ2) is 7.82. The van der Waals surface area contributed by atoms with E-state index in [1.54, 1.807) is 0 Å². The van der Waals surface area contributed by atoms with Crippen molar-refractivity contribution in [2.75, 3.05) is 26.2 Å². The van der Waals surface area contributed by atoms with Gasteiger partial charge in [-0.3, -0.25) is 9.59 Å². The summed E-state index contributed by atoms with van der Waals surface area (Å²) in [4.78, 5) is 29.5. The van der Waals surface area contributed by atoms with Crippen LogP contribution in [-0.4, -0.2) is 52.4 Å². The molecule has 0 spiro atoms. The van der Waals surface area contributed by atoms with Crippen molar-refractivity contribution in [1.82, 2.24) is 14.4 Å². The van der Waals surface area contributed by atoms with Crippen molar-refractivity contribution in [3.63, 3.8) is 0 Å². The van der Waals surface area contributed by atoms with Crippen molar-refractivity contribution < 1.29 is 9.59 Å². The van der Waals surface area contributed by atoms with Gasteiger partial charge in [-0.05, 0) is 54.3 Å². The summed E-state index contributed by atoms with van der Waals surface area (Å²) < 4.78 is 2.01. The smallest absolute Gasteiger partial charge is 0.253 e. The first kappa shape index (κ1) is 18.7. The largest absolute Gasteiger partial charge is 0.339 e. The fraction of sp³-hybridized carbons (Fsp3) is 0.280. The van der Waals surface area contributed by atoms with Crippen molar-refractivity contribution in [2.45, 2.75) is 12.3 Å². The monoisotopic (exact) mass is 399 g/mol. The van der Waals surface area contributed by atoms with Crippen molar-refractivity contribution in [2.24, 2.45) is 5.92 Å². The number of carbonyl (C=O) groups is 2. The van der Waals surface area contributed by atoms with Crippen molar-refractivity contribution >= 4 is 11.8 Å². The maximum absolute atomic E-state index is 12.9. The Morgan fingerprint density at radius 3 is 2.03 bits per heavy atom. The van der Waals surface area contributed by atoms with E-state index in [4.69, 9.17) is 0 Å². The Balaban J connectivity index is 1.16. The highest BCUT2D eigenvalue weighted by Gasteiger charge is 2.46. The van der Waals surface area contributed by atoms with E-state index in [0.717, 1.165) is 12.1 Å². The number of hydrogen-bond donors (Lipinski definition) is 0. The molecule has 2 heterocycles. The average molecular weight is 399 g/mol. The van der Waals surface area contributed by atoms with Gasteiger partial charge in [0, 0.05) is 55.7 Å². The Bertz CT molecular complexity index is 1020. The Labute approximate surface area is 176 Å². The normalized spacial score (nSPS) is 20.8. The molecular weight excluding hydrogens is 374 g/mol. The van der Waals surface area contributed by atoms with Crippen LogP contribution in [0.4, 0.5) is 0 Å². The van der Waals surface area contributed by atoms with E-state index >= 15 is 0 Å². The summed E-state index contributed by atoms with van der Waals surface area (Å²) >= 11 is 0. The first-order valence-electron chi connectivity index (χ1n) is 10.6. The highest BCUT2D eigenvalue weighted by atomic mass is 16.2. The summed E-state index contributed by atoms with van der Waals surface area (Å²) in [6.45, 7) is 2.41. The van der Waals surface area contributed by atoms with Gasteiger partial charge >= 0.3 is 0 Å². The van der Waals surface area contributed by atoms with Crippen LogP contribution in [0.15, 0.2) is 79.1 Å².